The van der Waals surface area contributed by atoms with Crippen LogP contribution < -0.4 is 0 Å². The van der Waals surface area contributed by atoms with E-state index in [1.165, 1.54) is 73.6 Å². The first-order valence-electron chi connectivity index (χ1n) is 8.35. The van der Waals surface area contributed by atoms with Crippen molar-refractivity contribution in [1.29, 1.82) is 0 Å². The fourth-order valence-electron chi connectivity index (χ4n) is 1.68. The molecule has 0 atom stereocenters. The van der Waals surface area contributed by atoms with Gasteiger partial charge in [0, 0.05) is 18.2 Å². The van der Waals surface area contributed by atoms with E-state index in [0.717, 1.165) is 0 Å². The number of hydrogen-bond acceptors (Lipinski definition) is 9. The zero-order valence-corrected chi connectivity index (χ0v) is 15.7. The first-order chi connectivity index (χ1) is 14.4. The number of hydrogen-bond donors (Lipinski definition) is 6. The normalized spacial score (nSPS) is 8.80. The number of aromatic nitrogens is 3. The Labute approximate surface area is 172 Å². The Morgan fingerprint density at radius 2 is 0.567 bits per heavy atom. The summed E-state index contributed by atoms with van der Waals surface area (Å²) in [7, 11) is 0. The maximum Gasteiger partial charge on any atom is 0.119 e. The number of phenolic OH excluding ortho intramolecular Hbond substituents is 6. The van der Waals surface area contributed by atoms with Gasteiger partial charge in [-0.2, -0.15) is 0 Å². The number of aromatic hydroxyl groups is 6. The average Bonchev–Trinajstić information content (AvgIpc) is 2.70. The van der Waals surface area contributed by atoms with Crippen molar-refractivity contribution in [3.05, 3.63) is 91.8 Å². The topological polar surface area (TPSA) is 160 Å². The molecule has 4 aromatic rings. The van der Waals surface area contributed by atoms with Crippen molar-refractivity contribution in [2.24, 2.45) is 0 Å². The van der Waals surface area contributed by atoms with Gasteiger partial charge < -0.3 is 30.6 Å². The van der Waals surface area contributed by atoms with E-state index in [4.69, 9.17) is 30.6 Å². The summed E-state index contributed by atoms with van der Waals surface area (Å²) in [6.45, 7) is 0. The van der Waals surface area contributed by atoms with Crippen molar-refractivity contribution in [2.45, 2.75) is 0 Å². The molecule has 0 radical (unpaired) electrons. The summed E-state index contributed by atoms with van der Waals surface area (Å²) in [6.07, 6.45) is 4.31. The molecule has 0 fully saturated rings. The third kappa shape index (κ3) is 12.0. The molecule has 0 bridgehead atoms. The van der Waals surface area contributed by atoms with Crippen LogP contribution in [0.1, 0.15) is 0 Å². The van der Waals surface area contributed by atoms with Gasteiger partial charge in [0.05, 0.1) is 0 Å². The minimum atomic E-state index is 0.0880. The molecule has 1 aromatic heterocycles. The summed E-state index contributed by atoms with van der Waals surface area (Å²) < 4.78 is 0. The van der Waals surface area contributed by atoms with Crippen LogP contribution in [0.2, 0.25) is 0 Å². The van der Waals surface area contributed by atoms with Crippen LogP contribution in [0.3, 0.4) is 0 Å². The monoisotopic (exact) mass is 411 g/mol. The number of rotatable bonds is 0. The molecule has 3 aromatic carbocycles. The molecule has 156 valence electrons. The summed E-state index contributed by atoms with van der Waals surface area (Å²) in [4.78, 5) is 10.7. The molecule has 0 aliphatic heterocycles. The van der Waals surface area contributed by atoms with Crippen molar-refractivity contribution in [1.82, 2.24) is 15.0 Å². The molecule has 0 saturated heterocycles. The van der Waals surface area contributed by atoms with Gasteiger partial charge in [-0.15, -0.1) is 0 Å². The van der Waals surface area contributed by atoms with Crippen LogP contribution in [0.25, 0.3) is 0 Å². The highest BCUT2D eigenvalue weighted by atomic mass is 16.3. The Balaban J connectivity index is 0.000000201. The lowest BCUT2D eigenvalue weighted by atomic mass is 10.3. The SMILES string of the molecule is Oc1cccc(O)c1.Oc1cccc(O)c1.Oc1cccc(O)c1.c1ncncn1. The van der Waals surface area contributed by atoms with Crippen molar-refractivity contribution >= 4 is 0 Å². The van der Waals surface area contributed by atoms with Crippen molar-refractivity contribution in [2.75, 3.05) is 0 Å². The summed E-state index contributed by atoms with van der Waals surface area (Å²) >= 11 is 0. The van der Waals surface area contributed by atoms with Gasteiger partial charge in [-0.3, -0.25) is 0 Å². The molecule has 0 spiro atoms. The summed E-state index contributed by atoms with van der Waals surface area (Å²) in [5, 5.41) is 51.9. The number of nitrogens with zero attached hydrogens (tertiary/aromatic N) is 3. The minimum absolute atomic E-state index is 0.0880. The second-order valence-electron chi connectivity index (χ2n) is 5.35. The quantitative estimate of drug-likeness (QED) is 0.255. The highest BCUT2D eigenvalue weighted by molar-refractivity contribution is 5.31. The van der Waals surface area contributed by atoms with E-state index in [1.54, 1.807) is 18.2 Å². The lowest BCUT2D eigenvalue weighted by Crippen LogP contribution is -1.73. The molecule has 30 heavy (non-hydrogen) atoms. The van der Waals surface area contributed by atoms with Crippen LogP contribution in [0.4, 0.5) is 0 Å². The predicted octanol–water partition coefficient (Wildman–Crippen LogP) is 3.17. The van der Waals surface area contributed by atoms with E-state index in [0.29, 0.717) is 0 Å². The third-order valence-electron chi connectivity index (χ3n) is 2.89. The first-order valence-corrected chi connectivity index (χ1v) is 8.35. The molecule has 4 rings (SSSR count). The lowest BCUT2D eigenvalue weighted by molar-refractivity contribution is 0.449. The van der Waals surface area contributed by atoms with Gasteiger partial charge in [0.15, 0.2) is 0 Å². The van der Waals surface area contributed by atoms with Gasteiger partial charge in [-0.25, -0.2) is 15.0 Å². The van der Waals surface area contributed by atoms with E-state index in [9.17, 15) is 0 Å². The maximum absolute atomic E-state index is 8.65. The molecule has 0 unspecified atom stereocenters. The Kier molecular flexibility index (Phi) is 10.7. The molecule has 1 heterocycles. The second kappa shape index (κ2) is 13.6. The molecule has 9 nitrogen and oxygen atoms in total. The van der Waals surface area contributed by atoms with E-state index < -0.39 is 0 Å². The smallest absolute Gasteiger partial charge is 0.119 e. The highest BCUT2D eigenvalue weighted by Crippen LogP contribution is 2.16. The van der Waals surface area contributed by atoms with Gasteiger partial charge in [0.1, 0.15) is 53.5 Å². The molecular formula is C21H21N3O6. The highest BCUT2D eigenvalue weighted by Gasteiger charge is 1.87. The number of phenols is 6. The number of benzene rings is 3. The van der Waals surface area contributed by atoms with Crippen LogP contribution in [0.15, 0.2) is 91.8 Å². The van der Waals surface area contributed by atoms with Crippen molar-refractivity contribution < 1.29 is 30.6 Å². The van der Waals surface area contributed by atoms with Crippen LogP contribution in [0.5, 0.6) is 34.5 Å². The fourth-order valence-corrected chi connectivity index (χ4v) is 1.68. The zero-order chi connectivity index (χ0) is 22.2. The van der Waals surface area contributed by atoms with E-state index >= 15 is 0 Å². The van der Waals surface area contributed by atoms with Gasteiger partial charge in [0.2, 0.25) is 0 Å². The molecule has 0 aliphatic carbocycles. The Hall–Kier alpha value is -4.53. The molecule has 0 aliphatic rings. The lowest BCUT2D eigenvalue weighted by Gasteiger charge is -1.89. The van der Waals surface area contributed by atoms with Crippen molar-refractivity contribution in [3.63, 3.8) is 0 Å². The van der Waals surface area contributed by atoms with E-state index in [-0.39, 0.29) is 34.5 Å². The summed E-state index contributed by atoms with van der Waals surface area (Å²) in [5.41, 5.74) is 0. The molecule has 0 saturated carbocycles. The van der Waals surface area contributed by atoms with Crippen LogP contribution >= 0.6 is 0 Å². The van der Waals surface area contributed by atoms with Crippen molar-refractivity contribution in [3.8, 4) is 34.5 Å². The Morgan fingerprint density at radius 1 is 0.367 bits per heavy atom. The van der Waals surface area contributed by atoms with E-state index in [2.05, 4.69) is 15.0 Å². The van der Waals surface area contributed by atoms with Gasteiger partial charge in [-0.05, 0) is 36.4 Å². The molecule has 6 N–H and O–H groups in total. The third-order valence-corrected chi connectivity index (χ3v) is 2.89. The Bertz CT molecular complexity index is 805. The minimum Gasteiger partial charge on any atom is -0.508 e. The maximum atomic E-state index is 8.65. The zero-order valence-electron chi connectivity index (χ0n) is 15.7. The predicted molar refractivity (Wildman–Crippen MR) is 109 cm³/mol. The van der Waals surface area contributed by atoms with Gasteiger partial charge in [-0.1, -0.05) is 18.2 Å². The van der Waals surface area contributed by atoms with Crippen LogP contribution in [-0.2, 0) is 0 Å². The van der Waals surface area contributed by atoms with Crippen LogP contribution in [0, 0.1) is 0 Å². The fraction of sp³-hybridized carbons (Fsp3) is 0. The second-order valence-corrected chi connectivity index (χ2v) is 5.35. The van der Waals surface area contributed by atoms with E-state index in [1.807, 2.05) is 0 Å². The molecule has 0 amide bonds. The average molecular weight is 411 g/mol. The largest absolute Gasteiger partial charge is 0.508 e. The van der Waals surface area contributed by atoms with Gasteiger partial charge >= 0.3 is 0 Å². The van der Waals surface area contributed by atoms with Gasteiger partial charge in [0.25, 0.3) is 0 Å². The molecule has 9 heteroatoms. The standard InChI is InChI=1S/3C6H6O2.C3H3N3/c3*7-5-2-1-3-6(8)4-5;1-4-2-6-3-5-1/h3*1-4,7-8H;1-3H. The molecular weight excluding hydrogens is 390 g/mol. The summed E-state index contributed by atoms with van der Waals surface area (Å²) in [5.74, 6) is 0.528. The van der Waals surface area contributed by atoms with Crippen LogP contribution in [-0.4, -0.2) is 45.6 Å². The first kappa shape index (κ1) is 23.5. The summed E-state index contributed by atoms with van der Waals surface area (Å²) in [6, 6.07) is 17.6. The Morgan fingerprint density at radius 3 is 0.667 bits per heavy atom.